The highest BCUT2D eigenvalue weighted by Gasteiger charge is 2.13. The van der Waals surface area contributed by atoms with Crippen molar-refractivity contribution in [3.05, 3.63) is 59.7 Å². The summed E-state index contributed by atoms with van der Waals surface area (Å²) in [7, 11) is 0. The Kier molecular flexibility index (Phi) is 2.99. The van der Waals surface area contributed by atoms with Crippen LogP contribution in [0.5, 0.6) is 0 Å². The molecule has 3 aromatic rings. The molecule has 1 heterocycles. The van der Waals surface area contributed by atoms with Gasteiger partial charge in [-0.3, -0.25) is 4.57 Å². The quantitative estimate of drug-likeness (QED) is 0.640. The van der Waals surface area contributed by atoms with Crippen LogP contribution >= 0.6 is 11.6 Å². The largest absolute Gasteiger partial charge is 0.295 e. The number of benzene rings is 2. The van der Waals surface area contributed by atoms with E-state index in [2.05, 4.69) is 4.98 Å². The van der Waals surface area contributed by atoms with Crippen molar-refractivity contribution in [3.8, 4) is 5.69 Å². The van der Waals surface area contributed by atoms with Crippen LogP contribution in [-0.2, 0) is 5.88 Å². The molecule has 0 aliphatic rings. The van der Waals surface area contributed by atoms with Gasteiger partial charge in [0.1, 0.15) is 11.6 Å². The third-order valence-electron chi connectivity index (χ3n) is 3.15. The van der Waals surface area contributed by atoms with E-state index in [1.807, 2.05) is 35.8 Å². The molecule has 0 unspecified atom stereocenters. The average molecular weight is 275 g/mol. The lowest BCUT2D eigenvalue weighted by Gasteiger charge is -2.11. The van der Waals surface area contributed by atoms with Gasteiger partial charge in [-0.2, -0.15) is 0 Å². The van der Waals surface area contributed by atoms with Crippen LogP contribution in [0.1, 0.15) is 11.4 Å². The molecule has 0 saturated carbocycles. The molecule has 0 amide bonds. The fourth-order valence-corrected chi connectivity index (χ4v) is 2.48. The first-order valence-electron chi connectivity index (χ1n) is 5.99. The number of alkyl halides is 1. The second-order valence-electron chi connectivity index (χ2n) is 4.42. The zero-order valence-electron chi connectivity index (χ0n) is 10.4. The molecule has 4 heteroatoms. The number of imidazole rings is 1. The minimum absolute atomic E-state index is 0.238. The molecule has 2 nitrogen and oxygen atoms in total. The summed E-state index contributed by atoms with van der Waals surface area (Å²) in [6, 6.07) is 12.6. The third kappa shape index (κ3) is 2.00. The normalized spacial score (nSPS) is 11.1. The first-order chi connectivity index (χ1) is 9.20. The molecule has 96 valence electrons. The van der Waals surface area contributed by atoms with E-state index in [0.29, 0.717) is 5.88 Å². The number of halogens is 2. The zero-order chi connectivity index (χ0) is 13.4. The smallest absolute Gasteiger partial charge is 0.129 e. The molecule has 0 saturated heterocycles. The predicted molar refractivity (Wildman–Crippen MR) is 75.3 cm³/mol. The topological polar surface area (TPSA) is 17.8 Å². The zero-order valence-corrected chi connectivity index (χ0v) is 11.2. The molecular weight excluding hydrogens is 263 g/mol. The summed E-state index contributed by atoms with van der Waals surface area (Å²) < 4.78 is 15.2. The van der Waals surface area contributed by atoms with Crippen LogP contribution in [0.25, 0.3) is 16.7 Å². The van der Waals surface area contributed by atoms with E-state index in [1.165, 1.54) is 12.1 Å². The molecule has 19 heavy (non-hydrogen) atoms. The van der Waals surface area contributed by atoms with Gasteiger partial charge < -0.3 is 0 Å². The van der Waals surface area contributed by atoms with Gasteiger partial charge in [-0.25, -0.2) is 9.37 Å². The summed E-state index contributed by atoms with van der Waals surface area (Å²) in [5, 5.41) is 0. The molecule has 0 aliphatic heterocycles. The standard InChI is InChI=1S/C15H12ClFN2/c1-10-8-11(17)6-7-13(10)19-14-5-3-2-4-12(14)18-15(19)9-16/h2-8H,9H2,1H3. The van der Waals surface area contributed by atoms with Crippen LogP contribution in [-0.4, -0.2) is 9.55 Å². The van der Waals surface area contributed by atoms with Crippen molar-refractivity contribution in [2.45, 2.75) is 12.8 Å². The van der Waals surface area contributed by atoms with Gasteiger partial charge in [-0.05, 0) is 42.8 Å². The van der Waals surface area contributed by atoms with E-state index in [1.54, 1.807) is 6.07 Å². The lowest BCUT2D eigenvalue weighted by molar-refractivity contribution is 0.626. The number of nitrogens with zero attached hydrogens (tertiary/aromatic N) is 2. The third-order valence-corrected chi connectivity index (χ3v) is 3.39. The Bertz CT molecular complexity index is 749. The van der Waals surface area contributed by atoms with Crippen LogP contribution in [0.4, 0.5) is 4.39 Å². The van der Waals surface area contributed by atoms with E-state index in [4.69, 9.17) is 11.6 Å². The van der Waals surface area contributed by atoms with Gasteiger partial charge in [0.15, 0.2) is 0 Å². The van der Waals surface area contributed by atoms with Crippen molar-refractivity contribution >= 4 is 22.6 Å². The van der Waals surface area contributed by atoms with Gasteiger partial charge >= 0.3 is 0 Å². The summed E-state index contributed by atoms with van der Waals surface area (Å²) in [4.78, 5) is 4.51. The molecule has 0 bridgehead atoms. The number of hydrogen-bond donors (Lipinski definition) is 0. The Labute approximate surface area is 115 Å². The van der Waals surface area contributed by atoms with Gasteiger partial charge in [-0.1, -0.05) is 12.1 Å². The Hall–Kier alpha value is -1.87. The Balaban J connectivity index is 2.34. The molecule has 3 rings (SSSR count). The first kappa shape index (κ1) is 12.2. The second-order valence-corrected chi connectivity index (χ2v) is 4.68. The minimum Gasteiger partial charge on any atom is -0.295 e. The molecular formula is C15H12ClFN2. The van der Waals surface area contributed by atoms with E-state index >= 15 is 0 Å². The number of fused-ring (bicyclic) bond motifs is 1. The fraction of sp³-hybridized carbons (Fsp3) is 0.133. The maximum absolute atomic E-state index is 13.2. The highest BCUT2D eigenvalue weighted by Crippen LogP contribution is 2.25. The minimum atomic E-state index is -0.238. The number of aromatic nitrogens is 2. The van der Waals surface area contributed by atoms with Crippen molar-refractivity contribution in [2.75, 3.05) is 0 Å². The SMILES string of the molecule is Cc1cc(F)ccc1-n1c(CCl)nc2ccccc21. The van der Waals surface area contributed by atoms with Crippen LogP contribution in [0, 0.1) is 12.7 Å². The molecule has 0 N–H and O–H groups in total. The van der Waals surface area contributed by atoms with E-state index in [-0.39, 0.29) is 5.82 Å². The summed E-state index contributed by atoms with van der Waals surface area (Å²) in [5.74, 6) is 0.835. The Morgan fingerprint density at radius 3 is 2.74 bits per heavy atom. The maximum Gasteiger partial charge on any atom is 0.129 e. The lowest BCUT2D eigenvalue weighted by atomic mass is 10.2. The predicted octanol–water partition coefficient (Wildman–Crippen LogP) is 4.21. The van der Waals surface area contributed by atoms with Crippen molar-refractivity contribution in [1.82, 2.24) is 9.55 Å². The second kappa shape index (κ2) is 4.67. The van der Waals surface area contributed by atoms with Gasteiger partial charge in [0, 0.05) is 0 Å². The molecule has 1 aromatic heterocycles. The lowest BCUT2D eigenvalue weighted by Crippen LogP contribution is -2.01. The van der Waals surface area contributed by atoms with Gasteiger partial charge in [0.25, 0.3) is 0 Å². The first-order valence-corrected chi connectivity index (χ1v) is 6.53. The van der Waals surface area contributed by atoms with E-state index in [9.17, 15) is 4.39 Å². The van der Waals surface area contributed by atoms with Gasteiger partial charge in [-0.15, -0.1) is 11.6 Å². The van der Waals surface area contributed by atoms with Crippen LogP contribution in [0.15, 0.2) is 42.5 Å². The molecule has 0 fully saturated rings. The molecule has 0 radical (unpaired) electrons. The van der Waals surface area contributed by atoms with Crippen molar-refractivity contribution < 1.29 is 4.39 Å². The van der Waals surface area contributed by atoms with Crippen LogP contribution in [0.2, 0.25) is 0 Å². The Morgan fingerprint density at radius 1 is 1.21 bits per heavy atom. The summed E-state index contributed by atoms with van der Waals surface area (Å²) >= 11 is 5.98. The van der Waals surface area contributed by atoms with Gasteiger partial charge in [0.2, 0.25) is 0 Å². The fourth-order valence-electron chi connectivity index (χ4n) is 2.30. The van der Waals surface area contributed by atoms with Crippen molar-refractivity contribution in [1.29, 1.82) is 0 Å². The molecule has 0 spiro atoms. The average Bonchev–Trinajstić information content (AvgIpc) is 2.77. The van der Waals surface area contributed by atoms with Crippen molar-refractivity contribution in [2.24, 2.45) is 0 Å². The maximum atomic E-state index is 13.2. The van der Waals surface area contributed by atoms with Crippen LogP contribution < -0.4 is 0 Å². The summed E-state index contributed by atoms with van der Waals surface area (Å²) in [5.41, 5.74) is 3.63. The van der Waals surface area contributed by atoms with E-state index < -0.39 is 0 Å². The van der Waals surface area contributed by atoms with Crippen LogP contribution in [0.3, 0.4) is 0 Å². The van der Waals surface area contributed by atoms with E-state index in [0.717, 1.165) is 28.1 Å². The number of hydrogen-bond acceptors (Lipinski definition) is 1. The monoisotopic (exact) mass is 274 g/mol. The van der Waals surface area contributed by atoms with Gasteiger partial charge in [0.05, 0.1) is 22.6 Å². The molecule has 0 aliphatic carbocycles. The highest BCUT2D eigenvalue weighted by atomic mass is 35.5. The molecule has 2 aromatic carbocycles. The summed E-state index contributed by atoms with van der Waals surface area (Å²) in [6.45, 7) is 1.88. The van der Waals surface area contributed by atoms with Crippen molar-refractivity contribution in [3.63, 3.8) is 0 Å². The number of para-hydroxylation sites is 2. The molecule has 0 atom stereocenters. The highest BCUT2D eigenvalue weighted by molar-refractivity contribution is 6.17. The summed E-state index contributed by atoms with van der Waals surface area (Å²) in [6.07, 6.45) is 0. The number of aryl methyl sites for hydroxylation is 1. The number of rotatable bonds is 2. The Morgan fingerprint density at radius 2 is 2.00 bits per heavy atom.